The fraction of sp³-hybridized carbons (Fsp3) is 0.429. The Hall–Kier alpha value is -1.92. The molecule has 6 nitrogen and oxygen atoms in total. The van der Waals surface area contributed by atoms with Crippen LogP contribution in [0.1, 0.15) is 0 Å². The van der Waals surface area contributed by atoms with Crippen molar-refractivity contribution in [1.82, 2.24) is 9.97 Å². The highest BCUT2D eigenvalue weighted by atomic mass is 16.5. The first-order valence-corrected chi connectivity index (χ1v) is 6.56. The van der Waals surface area contributed by atoms with Crippen molar-refractivity contribution < 1.29 is 9.47 Å². The summed E-state index contributed by atoms with van der Waals surface area (Å²) in [6.07, 6.45) is 1.83. The summed E-state index contributed by atoms with van der Waals surface area (Å²) in [5.41, 5.74) is 8.78. The molecule has 0 bridgehead atoms. The summed E-state index contributed by atoms with van der Waals surface area (Å²) in [6.45, 7) is 1.51. The van der Waals surface area contributed by atoms with Crippen molar-refractivity contribution in [3.63, 3.8) is 0 Å². The Bertz CT molecular complexity index is 619. The summed E-state index contributed by atoms with van der Waals surface area (Å²) >= 11 is 0. The third-order valence-corrected chi connectivity index (χ3v) is 3.70. The minimum absolute atomic E-state index is 0.00817. The standard InChI is InChI=1S/C14H18N4O2/c1-19-12-8-18(7-9(12)15)11-5-6-16-10-3-4-13(20-2)17-14(10)11/h3-6,9,12H,7-8,15H2,1-2H3/t9-,12-/m0/s1. The number of nitrogens with two attached hydrogens (primary N) is 1. The molecule has 6 heteroatoms. The third kappa shape index (κ3) is 2.17. The number of rotatable bonds is 3. The van der Waals surface area contributed by atoms with Crippen LogP contribution in [-0.4, -0.2) is 49.4 Å². The van der Waals surface area contributed by atoms with Crippen molar-refractivity contribution in [3.8, 4) is 5.88 Å². The van der Waals surface area contributed by atoms with Gasteiger partial charge in [-0.3, -0.25) is 4.98 Å². The van der Waals surface area contributed by atoms with Gasteiger partial charge < -0.3 is 20.1 Å². The topological polar surface area (TPSA) is 73.5 Å². The molecule has 0 aromatic carbocycles. The molecule has 1 saturated heterocycles. The highest BCUT2D eigenvalue weighted by Gasteiger charge is 2.31. The van der Waals surface area contributed by atoms with Crippen LogP contribution in [0.4, 0.5) is 5.69 Å². The number of aromatic nitrogens is 2. The smallest absolute Gasteiger partial charge is 0.213 e. The summed E-state index contributed by atoms with van der Waals surface area (Å²) in [5.74, 6) is 0.582. The molecule has 3 rings (SSSR count). The maximum absolute atomic E-state index is 6.09. The van der Waals surface area contributed by atoms with E-state index < -0.39 is 0 Å². The number of pyridine rings is 2. The van der Waals surface area contributed by atoms with E-state index in [1.54, 1.807) is 20.4 Å². The molecule has 0 amide bonds. The van der Waals surface area contributed by atoms with Crippen LogP contribution >= 0.6 is 0 Å². The lowest BCUT2D eigenvalue weighted by Crippen LogP contribution is -2.34. The number of nitrogens with zero attached hydrogens (tertiary/aromatic N) is 3. The maximum Gasteiger partial charge on any atom is 0.213 e. The third-order valence-electron chi connectivity index (χ3n) is 3.70. The van der Waals surface area contributed by atoms with E-state index in [2.05, 4.69) is 14.9 Å². The van der Waals surface area contributed by atoms with Crippen LogP contribution in [0, 0.1) is 0 Å². The van der Waals surface area contributed by atoms with Crippen LogP contribution in [0.5, 0.6) is 5.88 Å². The van der Waals surface area contributed by atoms with Crippen LogP contribution in [-0.2, 0) is 4.74 Å². The highest BCUT2D eigenvalue weighted by molar-refractivity contribution is 5.88. The fourth-order valence-electron chi connectivity index (χ4n) is 2.61. The SMILES string of the molecule is COc1ccc2nccc(N3C[C@H](OC)[C@@H](N)C3)c2n1. The van der Waals surface area contributed by atoms with Crippen LogP contribution < -0.4 is 15.4 Å². The summed E-state index contributed by atoms with van der Waals surface area (Å²) in [5, 5.41) is 0. The van der Waals surface area contributed by atoms with Gasteiger partial charge in [-0.25, -0.2) is 4.98 Å². The Balaban J connectivity index is 2.03. The first-order valence-electron chi connectivity index (χ1n) is 6.56. The summed E-state index contributed by atoms with van der Waals surface area (Å²) in [4.78, 5) is 11.0. The fourth-order valence-corrected chi connectivity index (χ4v) is 2.61. The molecule has 0 spiro atoms. The van der Waals surface area contributed by atoms with Gasteiger partial charge in [-0.05, 0) is 12.1 Å². The van der Waals surface area contributed by atoms with E-state index in [0.717, 1.165) is 29.8 Å². The Morgan fingerprint density at radius 2 is 2.10 bits per heavy atom. The normalized spacial score (nSPS) is 22.4. The summed E-state index contributed by atoms with van der Waals surface area (Å²) in [6, 6.07) is 5.69. The van der Waals surface area contributed by atoms with Crippen LogP contribution in [0.2, 0.25) is 0 Å². The van der Waals surface area contributed by atoms with Gasteiger partial charge in [0.25, 0.3) is 0 Å². The van der Waals surface area contributed by atoms with E-state index in [-0.39, 0.29) is 12.1 Å². The van der Waals surface area contributed by atoms with Crippen molar-refractivity contribution in [2.45, 2.75) is 12.1 Å². The number of hydrogen-bond donors (Lipinski definition) is 1. The van der Waals surface area contributed by atoms with Crippen LogP contribution in [0.25, 0.3) is 11.0 Å². The van der Waals surface area contributed by atoms with Gasteiger partial charge in [0.15, 0.2) is 0 Å². The van der Waals surface area contributed by atoms with E-state index in [1.165, 1.54) is 0 Å². The molecule has 2 aromatic rings. The molecule has 1 aliphatic heterocycles. The Kier molecular flexibility index (Phi) is 3.42. The van der Waals surface area contributed by atoms with E-state index in [4.69, 9.17) is 15.2 Å². The summed E-state index contributed by atoms with van der Waals surface area (Å²) in [7, 11) is 3.30. The first-order chi connectivity index (χ1) is 9.72. The quantitative estimate of drug-likeness (QED) is 0.892. The molecule has 106 valence electrons. The molecule has 0 saturated carbocycles. The number of anilines is 1. The second-order valence-electron chi connectivity index (χ2n) is 4.89. The van der Waals surface area contributed by atoms with Crippen molar-refractivity contribution in [2.24, 2.45) is 5.73 Å². The molecule has 2 N–H and O–H groups in total. The van der Waals surface area contributed by atoms with Crippen LogP contribution in [0.3, 0.4) is 0 Å². The van der Waals surface area contributed by atoms with E-state index in [0.29, 0.717) is 5.88 Å². The molecule has 0 unspecified atom stereocenters. The van der Waals surface area contributed by atoms with Crippen molar-refractivity contribution in [3.05, 3.63) is 24.4 Å². The molecule has 2 aromatic heterocycles. The minimum Gasteiger partial charge on any atom is -0.481 e. The van der Waals surface area contributed by atoms with Crippen LogP contribution in [0.15, 0.2) is 24.4 Å². The van der Waals surface area contributed by atoms with Crippen molar-refractivity contribution >= 4 is 16.7 Å². The van der Waals surface area contributed by atoms with E-state index in [9.17, 15) is 0 Å². The second-order valence-corrected chi connectivity index (χ2v) is 4.89. The number of hydrogen-bond acceptors (Lipinski definition) is 6. The van der Waals surface area contributed by atoms with E-state index in [1.807, 2.05) is 18.2 Å². The van der Waals surface area contributed by atoms with Gasteiger partial charge in [0.2, 0.25) is 5.88 Å². The van der Waals surface area contributed by atoms with E-state index >= 15 is 0 Å². The molecular weight excluding hydrogens is 256 g/mol. The molecule has 1 fully saturated rings. The molecule has 2 atom stereocenters. The molecule has 20 heavy (non-hydrogen) atoms. The van der Waals surface area contributed by atoms with Gasteiger partial charge in [-0.1, -0.05) is 0 Å². The monoisotopic (exact) mass is 274 g/mol. The number of ether oxygens (including phenoxy) is 2. The van der Waals surface area contributed by atoms with Crippen molar-refractivity contribution in [2.75, 3.05) is 32.2 Å². The lowest BCUT2D eigenvalue weighted by atomic mass is 10.2. The second kappa shape index (κ2) is 5.22. The average molecular weight is 274 g/mol. The van der Waals surface area contributed by atoms with Gasteiger partial charge >= 0.3 is 0 Å². The van der Waals surface area contributed by atoms with Gasteiger partial charge in [-0.2, -0.15) is 0 Å². The van der Waals surface area contributed by atoms with Gasteiger partial charge in [-0.15, -0.1) is 0 Å². The van der Waals surface area contributed by atoms with Gasteiger partial charge in [0.1, 0.15) is 5.52 Å². The Labute approximate surface area is 117 Å². The average Bonchev–Trinajstić information content (AvgIpc) is 2.87. The number of methoxy groups -OCH3 is 2. The Morgan fingerprint density at radius 1 is 1.25 bits per heavy atom. The highest BCUT2D eigenvalue weighted by Crippen LogP contribution is 2.28. The molecule has 0 aliphatic carbocycles. The minimum atomic E-state index is 0.00817. The van der Waals surface area contributed by atoms with Gasteiger partial charge in [0, 0.05) is 32.5 Å². The maximum atomic E-state index is 6.09. The predicted molar refractivity (Wildman–Crippen MR) is 77.1 cm³/mol. The van der Waals surface area contributed by atoms with Gasteiger partial charge in [0.05, 0.1) is 30.5 Å². The van der Waals surface area contributed by atoms with Crippen molar-refractivity contribution in [1.29, 1.82) is 0 Å². The zero-order valence-electron chi connectivity index (χ0n) is 11.6. The summed E-state index contributed by atoms with van der Waals surface area (Å²) < 4.78 is 10.6. The molecule has 0 radical (unpaired) electrons. The first kappa shape index (κ1) is 13.1. The Morgan fingerprint density at radius 3 is 2.80 bits per heavy atom. The lowest BCUT2D eigenvalue weighted by Gasteiger charge is -2.19. The largest absolute Gasteiger partial charge is 0.481 e. The molecule has 3 heterocycles. The zero-order chi connectivity index (χ0) is 14.1. The number of fused-ring (bicyclic) bond motifs is 1. The predicted octanol–water partition coefficient (Wildman–Crippen LogP) is 0.801. The zero-order valence-corrected chi connectivity index (χ0v) is 11.6. The molecule has 1 aliphatic rings. The molecular formula is C14H18N4O2. The lowest BCUT2D eigenvalue weighted by molar-refractivity contribution is 0.108.